The van der Waals surface area contributed by atoms with Crippen LogP contribution < -0.4 is 10.9 Å². The van der Waals surface area contributed by atoms with Crippen molar-refractivity contribution in [1.82, 2.24) is 14.7 Å². The Balaban J connectivity index is 0.000000253. The van der Waals surface area contributed by atoms with Crippen LogP contribution in [0.3, 0.4) is 0 Å². The van der Waals surface area contributed by atoms with E-state index in [0.717, 1.165) is 29.5 Å². The summed E-state index contributed by atoms with van der Waals surface area (Å²) >= 11 is 6.05. The average Bonchev–Trinajstić information content (AvgIpc) is 3.28. The van der Waals surface area contributed by atoms with Gasteiger partial charge < -0.3 is 9.73 Å². The Hall–Kier alpha value is -2.71. The van der Waals surface area contributed by atoms with Gasteiger partial charge in [-0.25, -0.2) is 4.98 Å². The SMILES string of the molecule is CCc1ccco1.Cc1ccc2ncc(/C=C3\SC(=S)NC3=O)c(=O)n2c1. The van der Waals surface area contributed by atoms with Crippen LogP contribution in [-0.2, 0) is 11.2 Å². The summed E-state index contributed by atoms with van der Waals surface area (Å²) in [5.41, 5.74) is 1.68. The van der Waals surface area contributed by atoms with Crippen LogP contribution in [0, 0.1) is 6.92 Å². The molecule has 4 rings (SSSR count). The number of pyridine rings is 1. The van der Waals surface area contributed by atoms with E-state index in [2.05, 4.69) is 17.2 Å². The number of thiocarbonyl (C=S) groups is 1. The minimum atomic E-state index is -0.284. The Morgan fingerprint density at radius 1 is 1.33 bits per heavy atom. The molecule has 8 heteroatoms. The Labute approximate surface area is 165 Å². The molecule has 4 heterocycles. The molecule has 0 unspecified atom stereocenters. The molecule has 3 aromatic heterocycles. The minimum Gasteiger partial charge on any atom is -0.469 e. The summed E-state index contributed by atoms with van der Waals surface area (Å²) in [7, 11) is 0. The monoisotopic (exact) mass is 399 g/mol. The number of nitrogens with zero attached hydrogens (tertiary/aromatic N) is 2. The first-order valence-corrected chi connectivity index (χ1v) is 9.45. The van der Waals surface area contributed by atoms with E-state index in [1.54, 1.807) is 18.5 Å². The Morgan fingerprint density at radius 2 is 2.15 bits per heavy atom. The molecule has 27 heavy (non-hydrogen) atoms. The van der Waals surface area contributed by atoms with Gasteiger partial charge in [0, 0.05) is 18.8 Å². The molecular formula is C19H17N3O3S2. The molecule has 1 aliphatic heterocycles. The lowest BCUT2D eigenvalue weighted by Crippen LogP contribution is -2.19. The van der Waals surface area contributed by atoms with E-state index in [1.807, 2.05) is 25.1 Å². The van der Waals surface area contributed by atoms with Gasteiger partial charge in [-0.3, -0.25) is 14.0 Å². The molecule has 1 fully saturated rings. The van der Waals surface area contributed by atoms with Gasteiger partial charge in [0.05, 0.1) is 16.7 Å². The molecule has 1 saturated heterocycles. The molecule has 6 nitrogen and oxygen atoms in total. The number of fused-ring (bicyclic) bond motifs is 1. The average molecular weight is 399 g/mol. The highest BCUT2D eigenvalue weighted by molar-refractivity contribution is 8.26. The lowest BCUT2D eigenvalue weighted by Gasteiger charge is -2.02. The molecule has 0 atom stereocenters. The number of aromatic nitrogens is 2. The highest BCUT2D eigenvalue weighted by atomic mass is 32.2. The van der Waals surface area contributed by atoms with Crippen LogP contribution in [-0.4, -0.2) is 19.6 Å². The second-order valence-corrected chi connectivity index (χ2v) is 7.46. The molecule has 138 valence electrons. The van der Waals surface area contributed by atoms with Crippen LogP contribution in [0.4, 0.5) is 0 Å². The van der Waals surface area contributed by atoms with E-state index in [1.165, 1.54) is 16.7 Å². The van der Waals surface area contributed by atoms with Gasteiger partial charge in [-0.15, -0.1) is 0 Å². The fourth-order valence-electron chi connectivity index (χ4n) is 2.37. The van der Waals surface area contributed by atoms with Gasteiger partial charge in [0.2, 0.25) is 0 Å². The van der Waals surface area contributed by atoms with Gasteiger partial charge in [-0.2, -0.15) is 0 Å². The third-order valence-electron chi connectivity index (χ3n) is 3.73. The van der Waals surface area contributed by atoms with Gasteiger partial charge >= 0.3 is 0 Å². The molecule has 3 aromatic rings. The molecular weight excluding hydrogens is 382 g/mol. The Bertz CT molecular complexity index is 1090. The summed E-state index contributed by atoms with van der Waals surface area (Å²) in [5, 5.41) is 2.51. The zero-order valence-electron chi connectivity index (χ0n) is 14.8. The maximum atomic E-state index is 12.4. The summed E-state index contributed by atoms with van der Waals surface area (Å²) in [4.78, 5) is 28.6. The van der Waals surface area contributed by atoms with Gasteiger partial charge in [-0.1, -0.05) is 37.0 Å². The van der Waals surface area contributed by atoms with Crippen LogP contribution in [0.25, 0.3) is 11.7 Å². The minimum absolute atomic E-state index is 0.211. The Morgan fingerprint density at radius 3 is 2.74 bits per heavy atom. The standard InChI is InChI=1S/C13H9N3O2S2.C6H8O/c1-7-2-3-10-14-5-8(12(18)16(10)6-7)4-9-11(17)15-13(19)20-9;1-2-6-4-3-5-7-6/h2-6H,1H3,(H,15,17,19);3-5H,2H2,1H3/b9-4-;. The number of furan rings is 1. The molecule has 1 amide bonds. The first kappa shape index (κ1) is 19.1. The summed E-state index contributed by atoms with van der Waals surface area (Å²) in [6.07, 6.45) is 7.39. The summed E-state index contributed by atoms with van der Waals surface area (Å²) in [5.74, 6) is 0.772. The zero-order valence-corrected chi connectivity index (χ0v) is 16.4. The maximum Gasteiger partial charge on any atom is 0.265 e. The molecule has 0 spiro atoms. The fourth-order valence-corrected chi connectivity index (χ4v) is 3.41. The van der Waals surface area contributed by atoms with Crippen molar-refractivity contribution in [2.24, 2.45) is 0 Å². The lowest BCUT2D eigenvalue weighted by atomic mass is 10.2. The lowest BCUT2D eigenvalue weighted by molar-refractivity contribution is -0.115. The van der Waals surface area contributed by atoms with Gasteiger partial charge in [0.25, 0.3) is 11.5 Å². The van der Waals surface area contributed by atoms with Crippen LogP contribution in [0.1, 0.15) is 23.8 Å². The highest BCUT2D eigenvalue weighted by Gasteiger charge is 2.22. The van der Waals surface area contributed by atoms with Crippen LogP contribution in [0.2, 0.25) is 0 Å². The second kappa shape index (κ2) is 8.32. The normalized spacial score (nSPS) is 15.0. The molecule has 1 aliphatic rings. The summed E-state index contributed by atoms with van der Waals surface area (Å²) in [6.45, 7) is 3.97. The smallest absolute Gasteiger partial charge is 0.265 e. The predicted molar refractivity (Wildman–Crippen MR) is 111 cm³/mol. The van der Waals surface area contributed by atoms with E-state index in [0.29, 0.717) is 20.4 Å². The fraction of sp³-hybridized carbons (Fsp3) is 0.158. The van der Waals surface area contributed by atoms with Crippen molar-refractivity contribution in [3.63, 3.8) is 0 Å². The number of rotatable bonds is 2. The van der Waals surface area contributed by atoms with Crippen LogP contribution in [0.15, 0.2) is 57.0 Å². The van der Waals surface area contributed by atoms with Gasteiger partial charge in [0.1, 0.15) is 15.7 Å². The number of carbonyl (C=O) groups is 1. The van der Waals surface area contributed by atoms with Crippen molar-refractivity contribution in [1.29, 1.82) is 0 Å². The van der Waals surface area contributed by atoms with E-state index < -0.39 is 0 Å². The first-order valence-electron chi connectivity index (χ1n) is 8.23. The number of aryl methyl sites for hydroxylation is 2. The maximum absolute atomic E-state index is 12.4. The second-order valence-electron chi connectivity index (χ2n) is 5.74. The third-order valence-corrected chi connectivity index (χ3v) is 4.90. The number of thioether (sulfide) groups is 1. The number of hydrogen-bond acceptors (Lipinski definition) is 6. The van der Waals surface area contributed by atoms with Crippen LogP contribution >= 0.6 is 24.0 Å². The summed E-state index contributed by atoms with van der Waals surface area (Å²) in [6, 6.07) is 7.54. The van der Waals surface area contributed by atoms with Crippen LogP contribution in [0.5, 0.6) is 0 Å². The van der Waals surface area contributed by atoms with Crippen molar-refractivity contribution in [2.45, 2.75) is 20.3 Å². The van der Waals surface area contributed by atoms with Crippen molar-refractivity contribution in [2.75, 3.05) is 0 Å². The zero-order chi connectivity index (χ0) is 19.4. The molecule has 0 bridgehead atoms. The number of nitrogens with one attached hydrogen (secondary N) is 1. The van der Waals surface area contributed by atoms with E-state index >= 15 is 0 Å². The van der Waals surface area contributed by atoms with Crippen molar-refractivity contribution < 1.29 is 9.21 Å². The number of hydrogen-bond donors (Lipinski definition) is 1. The molecule has 0 radical (unpaired) electrons. The first-order chi connectivity index (χ1) is 13.0. The van der Waals surface area contributed by atoms with E-state index in [-0.39, 0.29) is 11.5 Å². The Kier molecular flexibility index (Phi) is 5.88. The molecule has 0 aliphatic carbocycles. The molecule has 1 N–H and O–H groups in total. The topological polar surface area (TPSA) is 76.6 Å². The molecule has 0 aromatic carbocycles. The highest BCUT2D eigenvalue weighted by Crippen LogP contribution is 2.24. The van der Waals surface area contributed by atoms with E-state index in [4.69, 9.17) is 16.6 Å². The summed E-state index contributed by atoms with van der Waals surface area (Å²) < 4.78 is 6.85. The van der Waals surface area contributed by atoms with Gasteiger partial charge in [0.15, 0.2) is 0 Å². The molecule has 0 saturated carbocycles. The number of carbonyl (C=O) groups excluding carboxylic acids is 1. The largest absolute Gasteiger partial charge is 0.469 e. The van der Waals surface area contributed by atoms with Gasteiger partial charge in [-0.05, 0) is 36.8 Å². The van der Waals surface area contributed by atoms with Crippen molar-refractivity contribution in [3.8, 4) is 0 Å². The third kappa shape index (κ3) is 4.53. The van der Waals surface area contributed by atoms with Crippen molar-refractivity contribution in [3.05, 3.63) is 75.1 Å². The number of amides is 1. The van der Waals surface area contributed by atoms with Crippen molar-refractivity contribution >= 4 is 45.9 Å². The quantitative estimate of drug-likeness (QED) is 0.526. The predicted octanol–water partition coefficient (Wildman–Crippen LogP) is 3.33. The van der Waals surface area contributed by atoms with E-state index in [9.17, 15) is 9.59 Å².